The Morgan fingerprint density at radius 1 is 0.426 bits per heavy atom. The summed E-state index contributed by atoms with van der Waals surface area (Å²) < 4.78 is 4.78. The van der Waals surface area contributed by atoms with E-state index in [1.807, 2.05) is 11.8 Å². The van der Waals surface area contributed by atoms with Gasteiger partial charge in [0, 0.05) is 43.3 Å². The fourth-order valence-corrected chi connectivity index (χ4v) is 10.9. The van der Waals surface area contributed by atoms with E-state index < -0.39 is 0 Å². The van der Waals surface area contributed by atoms with Gasteiger partial charge in [0.2, 0.25) is 5.96 Å². The number of fused-ring (bicyclic) bond motifs is 10. The molecule has 0 spiro atoms. The van der Waals surface area contributed by atoms with E-state index in [9.17, 15) is 0 Å². The molecule has 0 fully saturated rings. The van der Waals surface area contributed by atoms with Gasteiger partial charge in [-0.1, -0.05) is 163 Å². The van der Waals surface area contributed by atoms with Crippen LogP contribution in [0, 0.1) is 0 Å². The van der Waals surface area contributed by atoms with E-state index in [4.69, 9.17) is 4.99 Å². The fraction of sp³-hybridized carbons (Fsp3) is 0.0179. The van der Waals surface area contributed by atoms with Crippen LogP contribution in [0.2, 0.25) is 0 Å². The quantitative estimate of drug-likeness (QED) is 0.192. The van der Waals surface area contributed by atoms with Gasteiger partial charge in [0.15, 0.2) is 0 Å². The molecule has 0 saturated heterocycles. The minimum absolute atomic E-state index is 0.00496. The summed E-state index contributed by atoms with van der Waals surface area (Å²) >= 11 is 1.86. The number of thioether (sulfide) groups is 1. The van der Waals surface area contributed by atoms with Gasteiger partial charge in [0.05, 0.1) is 27.8 Å². The second-order valence-corrected chi connectivity index (χ2v) is 17.1. The Kier molecular flexibility index (Phi) is 7.57. The summed E-state index contributed by atoms with van der Waals surface area (Å²) in [6.07, 6.45) is 2.32. The highest BCUT2D eigenvalue weighted by atomic mass is 32.2. The molecule has 4 heterocycles. The lowest BCUT2D eigenvalue weighted by Gasteiger charge is -2.26. The first-order chi connectivity index (χ1) is 30.2. The predicted molar refractivity (Wildman–Crippen MR) is 259 cm³/mol. The van der Waals surface area contributed by atoms with Crippen molar-refractivity contribution in [1.29, 1.82) is 0 Å². The molecule has 1 unspecified atom stereocenters. The van der Waals surface area contributed by atoms with Crippen LogP contribution in [0.1, 0.15) is 11.1 Å². The fourth-order valence-electron chi connectivity index (χ4n) is 9.69. The van der Waals surface area contributed by atoms with Gasteiger partial charge in [-0.15, -0.1) is 0 Å². The molecule has 13 rings (SSSR count). The summed E-state index contributed by atoms with van der Waals surface area (Å²) in [6.45, 7) is 0. The van der Waals surface area contributed by atoms with Crippen LogP contribution in [0.4, 0.5) is 0 Å². The molecule has 0 amide bonds. The van der Waals surface area contributed by atoms with Gasteiger partial charge >= 0.3 is 0 Å². The Morgan fingerprint density at radius 3 is 1.85 bits per heavy atom. The van der Waals surface area contributed by atoms with Crippen molar-refractivity contribution in [3.8, 4) is 16.8 Å². The second-order valence-electron chi connectivity index (χ2n) is 16.0. The number of nitrogens with zero attached hydrogens (tertiary/aromatic N) is 3. The molecule has 0 aliphatic carbocycles. The molecule has 2 aliphatic rings. The first-order valence-electron chi connectivity index (χ1n) is 20.8. The molecule has 9 aromatic carbocycles. The molecule has 4 nitrogen and oxygen atoms in total. The maximum Gasteiger partial charge on any atom is 0.209 e. The van der Waals surface area contributed by atoms with E-state index in [0.717, 1.165) is 33.9 Å². The van der Waals surface area contributed by atoms with E-state index in [-0.39, 0.29) is 5.37 Å². The average Bonchev–Trinajstić information content (AvgIpc) is 4.01. The van der Waals surface area contributed by atoms with Crippen molar-refractivity contribution >= 4 is 93.5 Å². The van der Waals surface area contributed by atoms with Crippen LogP contribution in [-0.2, 0) is 0 Å². The van der Waals surface area contributed by atoms with Crippen LogP contribution in [-0.4, -0.2) is 20.5 Å². The Bertz CT molecular complexity index is 3690. The van der Waals surface area contributed by atoms with Gasteiger partial charge in [-0.05, 0) is 92.8 Å². The normalized spacial score (nSPS) is 15.2. The standard InChI is InChI=1S/C56H36N4S/c1-4-15-36(16-5-1)52-34-47-54(37-17-6-2-7-18-37)57-56(58-55(47)61-52)60-48-28-26-40(31-45(48)46-30-38-19-10-11-20-39(38)32-51(46)60)41-24-27-44-50(33-41)59(42-21-8-3-9-22-42)49-29-25-35-14-12-13-23-43(35)53(44)49/h1-34,55H,(H,57,58). The van der Waals surface area contributed by atoms with E-state index in [1.54, 1.807) is 0 Å². The number of hydrogen-bond donors (Lipinski definition) is 1. The van der Waals surface area contributed by atoms with Crippen LogP contribution in [0.15, 0.2) is 217 Å². The number of nitrogens with one attached hydrogen (secondary N) is 1. The SMILES string of the molecule is C1=C(c2ccccc2)SC2NC(n3c4ccc(-c5ccc6c7c8ccccc8ccc7n(-c7ccccc7)c6c5)cc4c4cc5ccccc5cc43)=NC(c3ccccc3)=C12. The molecular weight excluding hydrogens is 761 g/mol. The molecule has 0 radical (unpaired) electrons. The van der Waals surface area contributed by atoms with Gasteiger partial charge in [0.1, 0.15) is 5.37 Å². The van der Waals surface area contributed by atoms with E-state index in [2.05, 4.69) is 221 Å². The summed E-state index contributed by atoms with van der Waals surface area (Å²) in [5.41, 5.74) is 12.7. The lowest BCUT2D eigenvalue weighted by molar-refractivity contribution is 0.892. The van der Waals surface area contributed by atoms with Crippen LogP contribution in [0.5, 0.6) is 0 Å². The molecule has 11 aromatic rings. The minimum atomic E-state index is 0.00496. The summed E-state index contributed by atoms with van der Waals surface area (Å²) in [4.78, 5) is 6.77. The number of hydrogen-bond acceptors (Lipinski definition) is 3. The molecule has 2 aliphatic heterocycles. The van der Waals surface area contributed by atoms with Crippen LogP contribution >= 0.6 is 11.8 Å². The highest BCUT2D eigenvalue weighted by Crippen LogP contribution is 2.46. The van der Waals surface area contributed by atoms with Crippen molar-refractivity contribution in [2.24, 2.45) is 4.99 Å². The second kappa shape index (κ2) is 13.5. The Hall–Kier alpha value is -7.60. The largest absolute Gasteiger partial charge is 0.339 e. The first-order valence-corrected chi connectivity index (χ1v) is 21.7. The molecule has 0 saturated carbocycles. The van der Waals surface area contributed by atoms with Gasteiger partial charge in [0.25, 0.3) is 0 Å². The smallest absolute Gasteiger partial charge is 0.209 e. The summed E-state index contributed by atoms with van der Waals surface area (Å²) in [6, 6.07) is 72.7. The molecular formula is C56H36N4S. The van der Waals surface area contributed by atoms with Crippen molar-refractivity contribution in [2.75, 3.05) is 0 Å². The minimum Gasteiger partial charge on any atom is -0.339 e. The van der Waals surface area contributed by atoms with Gasteiger partial charge < -0.3 is 9.88 Å². The summed E-state index contributed by atoms with van der Waals surface area (Å²) in [5.74, 6) is 0.826. The lowest BCUT2D eigenvalue weighted by atomic mass is 9.99. The molecule has 0 bridgehead atoms. The van der Waals surface area contributed by atoms with Crippen molar-refractivity contribution in [1.82, 2.24) is 14.5 Å². The Balaban J connectivity index is 1.02. The third-order valence-corrected chi connectivity index (χ3v) is 13.7. The van der Waals surface area contributed by atoms with E-state index in [0.29, 0.717) is 0 Å². The molecule has 2 aromatic heterocycles. The summed E-state index contributed by atoms with van der Waals surface area (Å²) in [5, 5.41) is 13.8. The first kappa shape index (κ1) is 34.3. The molecule has 1 atom stereocenters. The molecule has 61 heavy (non-hydrogen) atoms. The number of aromatic nitrogens is 2. The Labute approximate surface area is 356 Å². The monoisotopic (exact) mass is 796 g/mol. The van der Waals surface area contributed by atoms with Crippen molar-refractivity contribution < 1.29 is 0 Å². The van der Waals surface area contributed by atoms with Crippen molar-refractivity contribution in [3.63, 3.8) is 0 Å². The van der Waals surface area contributed by atoms with Crippen LogP contribution < -0.4 is 5.32 Å². The molecule has 5 heteroatoms. The molecule has 1 N–H and O–H groups in total. The molecule has 286 valence electrons. The highest BCUT2D eigenvalue weighted by Gasteiger charge is 2.33. The average molecular weight is 797 g/mol. The number of aliphatic imine (C=N–C) groups is 1. The third kappa shape index (κ3) is 5.37. The zero-order chi connectivity index (χ0) is 40.0. The van der Waals surface area contributed by atoms with Crippen molar-refractivity contribution in [2.45, 2.75) is 5.37 Å². The lowest BCUT2D eigenvalue weighted by Crippen LogP contribution is -2.39. The summed E-state index contributed by atoms with van der Waals surface area (Å²) in [7, 11) is 0. The van der Waals surface area contributed by atoms with Crippen LogP contribution in [0.3, 0.4) is 0 Å². The highest BCUT2D eigenvalue weighted by molar-refractivity contribution is 8.09. The number of rotatable bonds is 4. The zero-order valence-corrected chi connectivity index (χ0v) is 33.8. The van der Waals surface area contributed by atoms with Crippen molar-refractivity contribution in [3.05, 3.63) is 223 Å². The zero-order valence-electron chi connectivity index (χ0n) is 33.0. The topological polar surface area (TPSA) is 34.2 Å². The van der Waals surface area contributed by atoms with E-state index >= 15 is 0 Å². The van der Waals surface area contributed by atoms with Gasteiger partial charge in [-0.2, -0.15) is 0 Å². The predicted octanol–water partition coefficient (Wildman–Crippen LogP) is 14.2. The number of para-hydroxylation sites is 1. The maximum atomic E-state index is 5.53. The van der Waals surface area contributed by atoms with Crippen LogP contribution in [0.25, 0.3) is 92.6 Å². The third-order valence-electron chi connectivity index (χ3n) is 12.5. The number of benzene rings is 9. The maximum absolute atomic E-state index is 5.53. The Morgan fingerprint density at radius 2 is 1.05 bits per heavy atom. The van der Waals surface area contributed by atoms with Gasteiger partial charge in [-0.25, -0.2) is 4.99 Å². The van der Waals surface area contributed by atoms with Gasteiger partial charge in [-0.3, -0.25) is 4.57 Å². The van der Waals surface area contributed by atoms with E-state index in [1.165, 1.54) is 81.3 Å².